The molecule has 0 saturated carbocycles. The molecule has 0 atom stereocenters. The second-order valence-electron chi connectivity index (χ2n) is 4.19. The second-order valence-corrected chi connectivity index (χ2v) is 4.60. The molecular formula is C13H12N6OS. The monoisotopic (exact) mass is 300 g/mol. The SMILES string of the molecule is CCNC(=S)Nc1ccc2ncc(-c3cnoc3)nc2n1. The summed E-state index contributed by atoms with van der Waals surface area (Å²) in [5.41, 5.74) is 2.64. The highest BCUT2D eigenvalue weighted by Gasteiger charge is 2.07. The number of hydrogen-bond donors (Lipinski definition) is 2. The van der Waals surface area contributed by atoms with E-state index in [1.807, 2.05) is 13.0 Å². The molecule has 3 heterocycles. The largest absolute Gasteiger partial charge is 0.364 e. The van der Waals surface area contributed by atoms with E-state index in [9.17, 15) is 0 Å². The van der Waals surface area contributed by atoms with E-state index < -0.39 is 0 Å². The summed E-state index contributed by atoms with van der Waals surface area (Å²) < 4.78 is 4.81. The quantitative estimate of drug-likeness (QED) is 0.710. The van der Waals surface area contributed by atoms with Crippen LogP contribution in [0.1, 0.15) is 6.92 Å². The van der Waals surface area contributed by atoms with E-state index in [1.54, 1.807) is 18.5 Å². The molecule has 0 saturated heterocycles. The van der Waals surface area contributed by atoms with Gasteiger partial charge in [0, 0.05) is 6.54 Å². The molecule has 0 amide bonds. The zero-order chi connectivity index (χ0) is 14.7. The van der Waals surface area contributed by atoms with Gasteiger partial charge in [0.2, 0.25) is 0 Å². The summed E-state index contributed by atoms with van der Waals surface area (Å²) in [4.78, 5) is 13.2. The maximum absolute atomic E-state index is 5.13. The van der Waals surface area contributed by atoms with Crippen molar-refractivity contribution in [1.29, 1.82) is 0 Å². The van der Waals surface area contributed by atoms with Crippen LogP contribution in [0.15, 0.2) is 35.3 Å². The average Bonchev–Trinajstić information content (AvgIpc) is 3.01. The van der Waals surface area contributed by atoms with Crippen LogP contribution in [0.25, 0.3) is 22.4 Å². The van der Waals surface area contributed by atoms with Gasteiger partial charge in [0.15, 0.2) is 10.8 Å². The standard InChI is InChI=1S/C13H12N6OS/c1-2-14-13(21)19-11-4-3-9-12(18-11)17-10(6-15-9)8-5-16-20-7-8/h3-7H,2H2,1H3,(H2,14,17,18,19,21). The van der Waals surface area contributed by atoms with Gasteiger partial charge in [-0.3, -0.25) is 4.98 Å². The molecule has 8 heteroatoms. The molecule has 3 aromatic rings. The number of thiocarbonyl (C=S) groups is 1. The molecule has 106 valence electrons. The lowest BCUT2D eigenvalue weighted by Gasteiger charge is -2.08. The minimum Gasteiger partial charge on any atom is -0.364 e. The van der Waals surface area contributed by atoms with Gasteiger partial charge in [0.05, 0.1) is 23.7 Å². The zero-order valence-electron chi connectivity index (χ0n) is 11.2. The van der Waals surface area contributed by atoms with E-state index in [0.717, 1.165) is 12.1 Å². The first-order valence-corrected chi connectivity index (χ1v) is 6.75. The van der Waals surface area contributed by atoms with Crippen LogP contribution in [-0.2, 0) is 0 Å². The van der Waals surface area contributed by atoms with E-state index in [2.05, 4.69) is 30.7 Å². The van der Waals surface area contributed by atoms with Crippen molar-refractivity contribution in [2.24, 2.45) is 0 Å². The third kappa shape index (κ3) is 2.95. The lowest BCUT2D eigenvalue weighted by Crippen LogP contribution is -2.28. The van der Waals surface area contributed by atoms with E-state index in [4.69, 9.17) is 16.7 Å². The van der Waals surface area contributed by atoms with Gasteiger partial charge in [-0.2, -0.15) is 0 Å². The highest BCUT2D eigenvalue weighted by molar-refractivity contribution is 7.80. The number of fused-ring (bicyclic) bond motifs is 1. The number of aromatic nitrogens is 4. The van der Waals surface area contributed by atoms with E-state index in [1.165, 1.54) is 6.26 Å². The minimum atomic E-state index is 0.521. The second kappa shape index (κ2) is 5.80. The van der Waals surface area contributed by atoms with E-state index in [0.29, 0.717) is 27.8 Å². The number of nitrogens with zero attached hydrogens (tertiary/aromatic N) is 4. The van der Waals surface area contributed by atoms with Crippen LogP contribution in [0.2, 0.25) is 0 Å². The summed E-state index contributed by atoms with van der Waals surface area (Å²) in [5.74, 6) is 0.616. The van der Waals surface area contributed by atoms with Crippen molar-refractivity contribution in [3.05, 3.63) is 30.8 Å². The maximum Gasteiger partial charge on any atom is 0.180 e. The molecule has 0 fully saturated rings. The molecule has 0 aliphatic heterocycles. The van der Waals surface area contributed by atoms with Crippen LogP contribution in [0.4, 0.5) is 5.82 Å². The van der Waals surface area contributed by atoms with Crippen LogP contribution < -0.4 is 10.6 Å². The van der Waals surface area contributed by atoms with Crippen LogP contribution in [-0.4, -0.2) is 31.8 Å². The first-order chi connectivity index (χ1) is 10.3. The average molecular weight is 300 g/mol. The Morgan fingerprint density at radius 1 is 1.29 bits per heavy atom. The Hall–Kier alpha value is -2.61. The normalized spacial score (nSPS) is 10.5. The van der Waals surface area contributed by atoms with Crippen molar-refractivity contribution in [2.75, 3.05) is 11.9 Å². The van der Waals surface area contributed by atoms with Crippen LogP contribution in [0, 0.1) is 0 Å². The summed E-state index contributed by atoms with van der Waals surface area (Å²) >= 11 is 5.13. The smallest absolute Gasteiger partial charge is 0.180 e. The summed E-state index contributed by atoms with van der Waals surface area (Å²) in [7, 11) is 0. The van der Waals surface area contributed by atoms with Crippen LogP contribution in [0.5, 0.6) is 0 Å². The summed E-state index contributed by atoms with van der Waals surface area (Å²) in [6.45, 7) is 2.72. The van der Waals surface area contributed by atoms with Gasteiger partial charge in [0.1, 0.15) is 17.6 Å². The Kier molecular flexibility index (Phi) is 3.69. The van der Waals surface area contributed by atoms with E-state index >= 15 is 0 Å². The molecule has 0 aromatic carbocycles. The molecule has 2 N–H and O–H groups in total. The molecule has 0 aliphatic rings. The fraction of sp³-hybridized carbons (Fsp3) is 0.154. The van der Waals surface area contributed by atoms with Gasteiger partial charge in [-0.05, 0) is 31.3 Å². The minimum absolute atomic E-state index is 0.521. The fourth-order valence-corrected chi connectivity index (χ4v) is 2.01. The predicted molar refractivity (Wildman–Crippen MR) is 82.7 cm³/mol. The first kappa shape index (κ1) is 13.4. The molecule has 3 rings (SSSR count). The number of rotatable bonds is 3. The summed E-state index contributed by atoms with van der Waals surface area (Å²) in [6, 6.07) is 3.64. The molecule has 21 heavy (non-hydrogen) atoms. The number of hydrogen-bond acceptors (Lipinski definition) is 6. The molecule has 0 aliphatic carbocycles. The van der Waals surface area contributed by atoms with Gasteiger partial charge in [-0.15, -0.1) is 0 Å². The van der Waals surface area contributed by atoms with Gasteiger partial charge in [-0.25, -0.2) is 9.97 Å². The molecule has 0 bridgehead atoms. The Bertz CT molecular complexity index is 773. The third-order valence-corrected chi connectivity index (χ3v) is 2.96. The first-order valence-electron chi connectivity index (χ1n) is 6.34. The molecule has 0 spiro atoms. The highest BCUT2D eigenvalue weighted by atomic mass is 32.1. The third-order valence-electron chi connectivity index (χ3n) is 2.71. The van der Waals surface area contributed by atoms with Crippen molar-refractivity contribution in [2.45, 2.75) is 6.92 Å². The molecule has 7 nitrogen and oxygen atoms in total. The number of nitrogens with one attached hydrogen (secondary N) is 2. The van der Waals surface area contributed by atoms with Crippen molar-refractivity contribution in [3.63, 3.8) is 0 Å². The summed E-state index contributed by atoms with van der Waals surface area (Å²) in [5, 5.41) is 10.2. The van der Waals surface area contributed by atoms with Crippen molar-refractivity contribution >= 4 is 34.3 Å². The lowest BCUT2D eigenvalue weighted by molar-refractivity contribution is 0.420. The number of pyridine rings is 1. The maximum atomic E-state index is 5.13. The lowest BCUT2D eigenvalue weighted by atomic mass is 10.2. The highest BCUT2D eigenvalue weighted by Crippen LogP contribution is 2.18. The van der Waals surface area contributed by atoms with Crippen LogP contribution >= 0.6 is 12.2 Å². The van der Waals surface area contributed by atoms with Crippen LogP contribution in [0.3, 0.4) is 0 Å². The van der Waals surface area contributed by atoms with Crippen molar-refractivity contribution in [3.8, 4) is 11.3 Å². The van der Waals surface area contributed by atoms with Gasteiger partial charge < -0.3 is 15.2 Å². The molecule has 0 unspecified atom stereocenters. The zero-order valence-corrected chi connectivity index (χ0v) is 12.0. The van der Waals surface area contributed by atoms with Gasteiger partial charge >= 0.3 is 0 Å². The van der Waals surface area contributed by atoms with Gasteiger partial charge in [-0.1, -0.05) is 5.16 Å². The number of anilines is 1. The molecule has 3 aromatic heterocycles. The van der Waals surface area contributed by atoms with Crippen molar-refractivity contribution < 1.29 is 4.52 Å². The fourth-order valence-electron chi connectivity index (χ4n) is 1.76. The Balaban J connectivity index is 1.94. The Morgan fingerprint density at radius 2 is 2.19 bits per heavy atom. The molecule has 0 radical (unpaired) electrons. The van der Waals surface area contributed by atoms with E-state index in [-0.39, 0.29) is 0 Å². The van der Waals surface area contributed by atoms with Crippen molar-refractivity contribution in [1.82, 2.24) is 25.4 Å². The summed E-state index contributed by atoms with van der Waals surface area (Å²) in [6.07, 6.45) is 4.75. The predicted octanol–water partition coefficient (Wildman–Crippen LogP) is 1.99. The Morgan fingerprint density at radius 3 is 2.95 bits per heavy atom. The Labute approximate surface area is 125 Å². The topological polar surface area (TPSA) is 88.8 Å². The van der Waals surface area contributed by atoms with Gasteiger partial charge in [0.25, 0.3) is 0 Å². The molecular weight excluding hydrogens is 288 g/mol.